The van der Waals surface area contributed by atoms with E-state index < -0.39 is 0 Å². The predicted molar refractivity (Wildman–Crippen MR) is 71.3 cm³/mol. The zero-order valence-electron chi connectivity index (χ0n) is 11.1. The fourth-order valence-corrected chi connectivity index (χ4v) is 2.39. The highest BCUT2D eigenvalue weighted by atomic mass is 15.3. The molecular formula is C13H24N4. The SMILES string of the molecule is CC1CC(CNc2ccn(C(C)C)n2)CCN1. The molecule has 2 rings (SSSR count). The predicted octanol–water partition coefficient (Wildman–Crippen LogP) is 2.26. The maximum absolute atomic E-state index is 4.50. The molecule has 2 unspecified atom stereocenters. The lowest BCUT2D eigenvalue weighted by Gasteiger charge is -2.28. The van der Waals surface area contributed by atoms with E-state index in [4.69, 9.17) is 0 Å². The summed E-state index contributed by atoms with van der Waals surface area (Å²) in [7, 11) is 0. The van der Waals surface area contributed by atoms with Crippen LogP contribution in [0.15, 0.2) is 12.3 Å². The number of hydrogen-bond donors (Lipinski definition) is 2. The molecule has 96 valence electrons. The van der Waals surface area contributed by atoms with E-state index in [0.717, 1.165) is 24.8 Å². The maximum atomic E-state index is 4.50. The Balaban J connectivity index is 1.80. The summed E-state index contributed by atoms with van der Waals surface area (Å²) >= 11 is 0. The third kappa shape index (κ3) is 3.46. The number of nitrogens with zero attached hydrogens (tertiary/aromatic N) is 2. The summed E-state index contributed by atoms with van der Waals surface area (Å²) in [5, 5.41) is 11.4. The fourth-order valence-electron chi connectivity index (χ4n) is 2.39. The summed E-state index contributed by atoms with van der Waals surface area (Å²) in [6.07, 6.45) is 4.57. The van der Waals surface area contributed by atoms with Crippen molar-refractivity contribution in [2.45, 2.75) is 45.7 Å². The van der Waals surface area contributed by atoms with Crippen molar-refractivity contribution in [3.63, 3.8) is 0 Å². The number of rotatable bonds is 4. The van der Waals surface area contributed by atoms with Crippen LogP contribution in [0.1, 0.15) is 39.7 Å². The topological polar surface area (TPSA) is 41.9 Å². The molecule has 2 atom stereocenters. The molecule has 4 heteroatoms. The van der Waals surface area contributed by atoms with E-state index >= 15 is 0 Å². The van der Waals surface area contributed by atoms with E-state index in [-0.39, 0.29) is 0 Å². The first-order valence-electron chi connectivity index (χ1n) is 6.67. The molecule has 1 aromatic rings. The summed E-state index contributed by atoms with van der Waals surface area (Å²) in [5.41, 5.74) is 0. The molecular weight excluding hydrogens is 212 g/mol. The minimum atomic E-state index is 0.435. The summed E-state index contributed by atoms with van der Waals surface area (Å²) in [6, 6.07) is 3.15. The molecule has 17 heavy (non-hydrogen) atoms. The van der Waals surface area contributed by atoms with Gasteiger partial charge in [0.25, 0.3) is 0 Å². The highest BCUT2D eigenvalue weighted by molar-refractivity contribution is 5.32. The first kappa shape index (κ1) is 12.4. The van der Waals surface area contributed by atoms with Crippen molar-refractivity contribution in [2.24, 2.45) is 5.92 Å². The molecule has 1 aromatic heterocycles. The summed E-state index contributed by atoms with van der Waals surface area (Å²) < 4.78 is 1.99. The van der Waals surface area contributed by atoms with E-state index in [1.54, 1.807) is 0 Å². The van der Waals surface area contributed by atoms with Crippen LogP contribution in [0.3, 0.4) is 0 Å². The number of hydrogen-bond acceptors (Lipinski definition) is 3. The Labute approximate surface area is 104 Å². The monoisotopic (exact) mass is 236 g/mol. The van der Waals surface area contributed by atoms with Crippen molar-refractivity contribution in [3.05, 3.63) is 12.3 Å². The van der Waals surface area contributed by atoms with Crippen molar-refractivity contribution in [2.75, 3.05) is 18.4 Å². The Morgan fingerprint density at radius 1 is 1.59 bits per heavy atom. The standard InChI is InChI=1S/C13H24N4/c1-10(2)17-7-5-13(16-17)15-9-12-4-6-14-11(3)8-12/h5,7,10-12,14H,4,6,8-9H2,1-3H3,(H,15,16). The number of aromatic nitrogens is 2. The smallest absolute Gasteiger partial charge is 0.148 e. The second-order valence-corrected chi connectivity index (χ2v) is 5.40. The Bertz CT molecular complexity index is 345. The average Bonchev–Trinajstić information content (AvgIpc) is 2.75. The lowest BCUT2D eigenvalue weighted by atomic mass is 9.93. The van der Waals surface area contributed by atoms with Gasteiger partial charge in [0.2, 0.25) is 0 Å². The molecule has 1 aliphatic rings. The van der Waals surface area contributed by atoms with Gasteiger partial charge in [-0.1, -0.05) is 0 Å². The molecule has 0 spiro atoms. The zero-order chi connectivity index (χ0) is 12.3. The van der Waals surface area contributed by atoms with E-state index in [2.05, 4.69) is 42.6 Å². The molecule has 4 nitrogen and oxygen atoms in total. The van der Waals surface area contributed by atoms with Gasteiger partial charge in [0, 0.05) is 30.9 Å². The molecule has 1 saturated heterocycles. The quantitative estimate of drug-likeness (QED) is 0.842. The molecule has 2 N–H and O–H groups in total. The molecule has 0 aromatic carbocycles. The Kier molecular flexibility index (Phi) is 4.05. The van der Waals surface area contributed by atoms with Gasteiger partial charge >= 0.3 is 0 Å². The van der Waals surface area contributed by atoms with Gasteiger partial charge in [-0.2, -0.15) is 5.10 Å². The summed E-state index contributed by atoms with van der Waals surface area (Å²) in [5.74, 6) is 1.78. The minimum Gasteiger partial charge on any atom is -0.368 e. The Morgan fingerprint density at radius 3 is 3.06 bits per heavy atom. The molecule has 0 aliphatic carbocycles. The number of anilines is 1. The van der Waals surface area contributed by atoms with Gasteiger partial charge in [-0.15, -0.1) is 0 Å². The maximum Gasteiger partial charge on any atom is 0.148 e. The van der Waals surface area contributed by atoms with E-state index in [1.807, 2.05) is 10.9 Å². The van der Waals surface area contributed by atoms with E-state index in [1.165, 1.54) is 12.8 Å². The van der Waals surface area contributed by atoms with Crippen LogP contribution in [-0.4, -0.2) is 28.9 Å². The Morgan fingerprint density at radius 2 is 2.41 bits per heavy atom. The average molecular weight is 236 g/mol. The second-order valence-electron chi connectivity index (χ2n) is 5.40. The fraction of sp³-hybridized carbons (Fsp3) is 0.769. The van der Waals surface area contributed by atoms with Gasteiger partial charge in [-0.05, 0) is 46.1 Å². The van der Waals surface area contributed by atoms with E-state index in [9.17, 15) is 0 Å². The van der Waals surface area contributed by atoms with Crippen molar-refractivity contribution in [1.29, 1.82) is 0 Å². The second kappa shape index (κ2) is 5.54. The first-order valence-corrected chi connectivity index (χ1v) is 6.67. The summed E-state index contributed by atoms with van der Waals surface area (Å²) in [4.78, 5) is 0. The molecule has 1 aliphatic heterocycles. The van der Waals surface area contributed by atoms with Crippen LogP contribution in [0, 0.1) is 5.92 Å². The number of nitrogens with one attached hydrogen (secondary N) is 2. The molecule has 0 bridgehead atoms. The van der Waals surface area contributed by atoms with Crippen LogP contribution in [0.2, 0.25) is 0 Å². The van der Waals surface area contributed by atoms with Crippen LogP contribution in [-0.2, 0) is 0 Å². The summed E-state index contributed by atoms with van der Waals surface area (Å²) in [6.45, 7) is 8.74. The minimum absolute atomic E-state index is 0.435. The largest absolute Gasteiger partial charge is 0.368 e. The molecule has 2 heterocycles. The lowest BCUT2D eigenvalue weighted by Crippen LogP contribution is -2.38. The van der Waals surface area contributed by atoms with Crippen molar-refractivity contribution in [3.8, 4) is 0 Å². The van der Waals surface area contributed by atoms with Crippen molar-refractivity contribution < 1.29 is 0 Å². The van der Waals surface area contributed by atoms with Crippen LogP contribution in [0.4, 0.5) is 5.82 Å². The molecule has 1 fully saturated rings. The zero-order valence-corrected chi connectivity index (χ0v) is 11.1. The number of piperidine rings is 1. The van der Waals surface area contributed by atoms with Crippen molar-refractivity contribution in [1.82, 2.24) is 15.1 Å². The molecule has 0 saturated carbocycles. The highest BCUT2D eigenvalue weighted by Crippen LogP contribution is 2.17. The van der Waals surface area contributed by atoms with Crippen LogP contribution in [0.25, 0.3) is 0 Å². The normalized spacial score (nSPS) is 25.2. The van der Waals surface area contributed by atoms with Gasteiger partial charge in [-0.3, -0.25) is 4.68 Å². The third-order valence-corrected chi connectivity index (χ3v) is 3.44. The van der Waals surface area contributed by atoms with Crippen LogP contribution in [0.5, 0.6) is 0 Å². The molecule has 0 radical (unpaired) electrons. The van der Waals surface area contributed by atoms with Gasteiger partial charge in [-0.25, -0.2) is 0 Å². The van der Waals surface area contributed by atoms with Crippen LogP contribution < -0.4 is 10.6 Å². The Hall–Kier alpha value is -1.03. The third-order valence-electron chi connectivity index (χ3n) is 3.44. The van der Waals surface area contributed by atoms with Gasteiger partial charge in [0.15, 0.2) is 0 Å². The van der Waals surface area contributed by atoms with Crippen LogP contribution >= 0.6 is 0 Å². The lowest BCUT2D eigenvalue weighted by molar-refractivity contribution is 0.327. The highest BCUT2D eigenvalue weighted by Gasteiger charge is 2.18. The van der Waals surface area contributed by atoms with E-state index in [0.29, 0.717) is 12.1 Å². The van der Waals surface area contributed by atoms with Crippen molar-refractivity contribution >= 4 is 5.82 Å². The van der Waals surface area contributed by atoms with Gasteiger partial charge in [0.1, 0.15) is 5.82 Å². The molecule has 0 amide bonds. The first-order chi connectivity index (χ1) is 8.15. The van der Waals surface area contributed by atoms with Gasteiger partial charge < -0.3 is 10.6 Å². The van der Waals surface area contributed by atoms with Gasteiger partial charge in [0.05, 0.1) is 0 Å².